The number of rotatable bonds is 4. The fourth-order valence-electron chi connectivity index (χ4n) is 2.25. The van der Waals surface area contributed by atoms with Crippen molar-refractivity contribution in [1.29, 1.82) is 0 Å². The predicted molar refractivity (Wildman–Crippen MR) is 85.2 cm³/mol. The van der Waals surface area contributed by atoms with E-state index in [0.29, 0.717) is 12.1 Å². The number of hydrogen-bond donors (Lipinski definition) is 2. The van der Waals surface area contributed by atoms with E-state index in [0.717, 1.165) is 22.8 Å². The van der Waals surface area contributed by atoms with Crippen LogP contribution in [0.1, 0.15) is 27.5 Å². The second-order valence-electron chi connectivity index (χ2n) is 4.95. The number of anilines is 1. The van der Waals surface area contributed by atoms with Crippen molar-refractivity contribution in [2.24, 2.45) is 10.9 Å². The molecule has 0 aliphatic heterocycles. The van der Waals surface area contributed by atoms with Crippen molar-refractivity contribution < 1.29 is 5.21 Å². The van der Waals surface area contributed by atoms with Gasteiger partial charge in [0.2, 0.25) is 0 Å². The molecular weight excluding hydrogens is 286 g/mol. The SMILES string of the molecule is Cc1cc(N(C)Cc2scnc2C)c(/C(N)=N/O)c(C)n1. The van der Waals surface area contributed by atoms with Crippen molar-refractivity contribution in [3.05, 3.63) is 39.1 Å². The van der Waals surface area contributed by atoms with Crippen LogP contribution in [0.4, 0.5) is 5.69 Å². The largest absolute Gasteiger partial charge is 0.409 e. The van der Waals surface area contributed by atoms with E-state index in [1.165, 1.54) is 4.88 Å². The summed E-state index contributed by atoms with van der Waals surface area (Å²) in [7, 11) is 1.97. The van der Waals surface area contributed by atoms with Crippen molar-refractivity contribution in [2.45, 2.75) is 27.3 Å². The lowest BCUT2D eigenvalue weighted by Gasteiger charge is -2.23. The van der Waals surface area contributed by atoms with Crippen LogP contribution in [0, 0.1) is 20.8 Å². The van der Waals surface area contributed by atoms with Gasteiger partial charge in [-0.2, -0.15) is 0 Å². The van der Waals surface area contributed by atoms with Gasteiger partial charge in [-0.15, -0.1) is 11.3 Å². The Morgan fingerprint density at radius 3 is 2.67 bits per heavy atom. The highest BCUT2D eigenvalue weighted by Crippen LogP contribution is 2.26. The number of oxime groups is 1. The van der Waals surface area contributed by atoms with Gasteiger partial charge >= 0.3 is 0 Å². The fraction of sp³-hybridized carbons (Fsp3) is 0.357. The predicted octanol–water partition coefficient (Wildman–Crippen LogP) is 2.19. The summed E-state index contributed by atoms with van der Waals surface area (Å²) in [6, 6.07) is 1.94. The van der Waals surface area contributed by atoms with Gasteiger partial charge in [-0.25, -0.2) is 4.98 Å². The van der Waals surface area contributed by atoms with Crippen LogP contribution in [0.5, 0.6) is 0 Å². The first-order valence-corrected chi connectivity index (χ1v) is 7.38. The van der Waals surface area contributed by atoms with Gasteiger partial charge in [0.15, 0.2) is 5.84 Å². The minimum absolute atomic E-state index is 0.0721. The molecule has 2 rings (SSSR count). The van der Waals surface area contributed by atoms with Gasteiger partial charge in [-0.1, -0.05) is 5.16 Å². The van der Waals surface area contributed by atoms with Crippen LogP contribution < -0.4 is 10.6 Å². The number of aromatic nitrogens is 2. The molecule has 0 aliphatic carbocycles. The Balaban J connectivity index is 2.44. The molecular formula is C14H19N5OS. The normalized spacial score (nSPS) is 11.7. The van der Waals surface area contributed by atoms with Crippen molar-refractivity contribution in [1.82, 2.24) is 9.97 Å². The molecule has 0 atom stereocenters. The minimum Gasteiger partial charge on any atom is -0.409 e. The lowest BCUT2D eigenvalue weighted by atomic mass is 10.1. The molecule has 0 radical (unpaired) electrons. The standard InChI is InChI=1S/C14H19N5OS/c1-8-5-11(13(10(3)17-8)14(15)18-20)19(4)6-12-9(2)16-7-21-12/h5,7,20H,6H2,1-4H3,(H2,15,18). The minimum atomic E-state index is 0.0721. The third-order valence-corrected chi connectivity index (χ3v) is 4.23. The number of pyridine rings is 1. The highest BCUT2D eigenvalue weighted by Gasteiger charge is 2.17. The molecule has 0 saturated carbocycles. The third kappa shape index (κ3) is 3.13. The van der Waals surface area contributed by atoms with Crippen LogP contribution in [0.2, 0.25) is 0 Å². The molecule has 21 heavy (non-hydrogen) atoms. The number of nitrogens with two attached hydrogens (primary N) is 1. The molecule has 2 aromatic heterocycles. The highest BCUT2D eigenvalue weighted by molar-refractivity contribution is 7.09. The Morgan fingerprint density at radius 1 is 1.38 bits per heavy atom. The number of aryl methyl sites for hydroxylation is 3. The Bertz CT molecular complexity index is 680. The van der Waals surface area contributed by atoms with E-state index in [1.54, 1.807) is 11.3 Å². The summed E-state index contributed by atoms with van der Waals surface area (Å²) >= 11 is 1.62. The van der Waals surface area contributed by atoms with Crippen molar-refractivity contribution in [2.75, 3.05) is 11.9 Å². The maximum atomic E-state index is 9.00. The summed E-state index contributed by atoms with van der Waals surface area (Å²) in [5.74, 6) is 0.0721. The molecule has 2 aromatic rings. The lowest BCUT2D eigenvalue weighted by molar-refractivity contribution is 0.318. The maximum Gasteiger partial charge on any atom is 0.174 e. The molecule has 0 unspecified atom stereocenters. The quantitative estimate of drug-likeness (QED) is 0.391. The van der Waals surface area contributed by atoms with Gasteiger partial charge in [-0.05, 0) is 26.8 Å². The summed E-state index contributed by atoms with van der Waals surface area (Å²) in [6.45, 7) is 6.49. The van der Waals surface area contributed by atoms with Gasteiger partial charge < -0.3 is 15.8 Å². The maximum absolute atomic E-state index is 9.00. The first-order chi connectivity index (χ1) is 9.93. The lowest BCUT2D eigenvalue weighted by Crippen LogP contribution is -2.24. The Hall–Kier alpha value is -2.15. The number of thiazole rings is 1. The van der Waals surface area contributed by atoms with Crippen LogP contribution in [-0.2, 0) is 6.54 Å². The molecule has 0 aromatic carbocycles. The zero-order valence-corrected chi connectivity index (χ0v) is 13.4. The summed E-state index contributed by atoms with van der Waals surface area (Å²) < 4.78 is 0. The molecule has 7 heteroatoms. The van der Waals surface area contributed by atoms with E-state index < -0.39 is 0 Å². The topological polar surface area (TPSA) is 87.6 Å². The molecule has 2 heterocycles. The number of hydrogen-bond acceptors (Lipinski definition) is 6. The summed E-state index contributed by atoms with van der Waals surface area (Å²) in [5.41, 5.74) is 11.9. The molecule has 0 bridgehead atoms. The molecule has 0 spiro atoms. The van der Waals surface area contributed by atoms with Crippen molar-refractivity contribution in [3.8, 4) is 0 Å². The van der Waals surface area contributed by atoms with Crippen molar-refractivity contribution >= 4 is 22.9 Å². The van der Waals surface area contributed by atoms with Crippen LogP contribution in [-0.4, -0.2) is 28.1 Å². The van der Waals surface area contributed by atoms with Gasteiger partial charge in [-0.3, -0.25) is 4.98 Å². The monoisotopic (exact) mass is 305 g/mol. The average Bonchev–Trinajstić information content (AvgIpc) is 2.82. The molecule has 3 N–H and O–H groups in total. The molecule has 0 fully saturated rings. The Labute approximate surface area is 128 Å². The van der Waals surface area contributed by atoms with E-state index in [9.17, 15) is 0 Å². The van der Waals surface area contributed by atoms with Gasteiger partial charge in [0, 0.05) is 17.6 Å². The van der Waals surface area contributed by atoms with E-state index >= 15 is 0 Å². The van der Waals surface area contributed by atoms with E-state index in [-0.39, 0.29) is 5.84 Å². The average molecular weight is 305 g/mol. The molecule has 0 aliphatic rings. The highest BCUT2D eigenvalue weighted by atomic mass is 32.1. The summed E-state index contributed by atoms with van der Waals surface area (Å²) in [6.07, 6.45) is 0. The van der Waals surface area contributed by atoms with Crippen LogP contribution >= 0.6 is 11.3 Å². The van der Waals surface area contributed by atoms with E-state index in [1.807, 2.05) is 39.4 Å². The van der Waals surface area contributed by atoms with Crippen LogP contribution in [0.15, 0.2) is 16.7 Å². The molecule has 0 amide bonds. The molecule has 0 saturated heterocycles. The van der Waals surface area contributed by atoms with Gasteiger partial charge in [0.05, 0.1) is 34.7 Å². The van der Waals surface area contributed by atoms with E-state index in [4.69, 9.17) is 10.9 Å². The van der Waals surface area contributed by atoms with Crippen LogP contribution in [0.25, 0.3) is 0 Å². The Morgan fingerprint density at radius 2 is 2.10 bits per heavy atom. The van der Waals surface area contributed by atoms with Gasteiger partial charge in [0.1, 0.15) is 0 Å². The molecule has 112 valence electrons. The first kappa shape index (κ1) is 15.2. The fourth-order valence-corrected chi connectivity index (χ4v) is 3.08. The Kier molecular flexibility index (Phi) is 4.42. The smallest absolute Gasteiger partial charge is 0.174 e. The number of amidine groups is 1. The second kappa shape index (κ2) is 6.09. The summed E-state index contributed by atoms with van der Waals surface area (Å²) in [5, 5.41) is 12.1. The number of nitrogens with zero attached hydrogens (tertiary/aromatic N) is 4. The summed E-state index contributed by atoms with van der Waals surface area (Å²) in [4.78, 5) is 11.9. The second-order valence-corrected chi connectivity index (χ2v) is 5.88. The molecule has 6 nitrogen and oxygen atoms in total. The third-order valence-electron chi connectivity index (χ3n) is 3.31. The van der Waals surface area contributed by atoms with Crippen LogP contribution in [0.3, 0.4) is 0 Å². The first-order valence-electron chi connectivity index (χ1n) is 6.50. The zero-order chi connectivity index (χ0) is 15.6. The zero-order valence-electron chi connectivity index (χ0n) is 12.6. The van der Waals surface area contributed by atoms with Gasteiger partial charge in [0.25, 0.3) is 0 Å². The van der Waals surface area contributed by atoms with Crippen molar-refractivity contribution in [3.63, 3.8) is 0 Å². The van der Waals surface area contributed by atoms with E-state index in [2.05, 4.69) is 20.0 Å².